The Morgan fingerprint density at radius 2 is 1.50 bits per heavy atom. The third-order valence-corrected chi connectivity index (χ3v) is 3.53. The minimum absolute atomic E-state index is 0.395. The van der Waals surface area contributed by atoms with Crippen molar-refractivity contribution in [2.24, 2.45) is 0 Å². The maximum absolute atomic E-state index is 10.3. The van der Waals surface area contributed by atoms with Crippen molar-refractivity contribution in [3.05, 3.63) is 35.4 Å². The first kappa shape index (κ1) is 15.2. The number of aliphatic hydroxyl groups is 1. The molecule has 2 heteroatoms. The maximum atomic E-state index is 10.3. The molecular formula is C16H27NO. The fourth-order valence-corrected chi connectivity index (χ4v) is 2.14. The van der Waals surface area contributed by atoms with Crippen molar-refractivity contribution in [1.82, 2.24) is 4.90 Å². The molecule has 102 valence electrons. The summed E-state index contributed by atoms with van der Waals surface area (Å²) >= 11 is 0. The molecule has 1 aromatic carbocycles. The summed E-state index contributed by atoms with van der Waals surface area (Å²) in [6.07, 6.45) is -0.395. The Bertz CT molecular complexity index is 343. The molecule has 0 bridgehead atoms. The van der Waals surface area contributed by atoms with Gasteiger partial charge in [0.2, 0.25) is 0 Å². The van der Waals surface area contributed by atoms with Gasteiger partial charge in [0.05, 0.1) is 6.10 Å². The first-order chi connectivity index (χ1) is 8.45. The smallest absolute Gasteiger partial charge is 0.0917 e. The molecular weight excluding hydrogens is 222 g/mol. The second kappa shape index (κ2) is 6.91. The topological polar surface area (TPSA) is 23.5 Å². The maximum Gasteiger partial charge on any atom is 0.0917 e. The van der Waals surface area contributed by atoms with Gasteiger partial charge in [-0.1, -0.05) is 45.0 Å². The van der Waals surface area contributed by atoms with Gasteiger partial charge in [0.1, 0.15) is 0 Å². The Balaban J connectivity index is 2.69. The molecule has 0 fully saturated rings. The predicted molar refractivity (Wildman–Crippen MR) is 77.9 cm³/mol. The van der Waals surface area contributed by atoms with E-state index in [4.69, 9.17) is 0 Å². The summed E-state index contributed by atoms with van der Waals surface area (Å²) in [4.78, 5) is 2.28. The molecule has 0 saturated carbocycles. The van der Waals surface area contributed by atoms with Gasteiger partial charge in [-0.3, -0.25) is 4.90 Å². The number of likely N-dealkylation sites (N-methyl/N-ethyl adjacent to an activating group) is 1. The van der Waals surface area contributed by atoms with Crippen LogP contribution in [-0.4, -0.2) is 29.1 Å². The van der Waals surface area contributed by atoms with E-state index in [1.807, 2.05) is 12.1 Å². The number of hydrogen-bond donors (Lipinski definition) is 1. The zero-order valence-corrected chi connectivity index (χ0v) is 12.4. The van der Waals surface area contributed by atoms with Crippen molar-refractivity contribution in [2.45, 2.75) is 52.7 Å². The molecule has 0 heterocycles. The van der Waals surface area contributed by atoms with Gasteiger partial charge in [-0.05, 0) is 37.4 Å². The van der Waals surface area contributed by atoms with Crippen LogP contribution in [0.15, 0.2) is 24.3 Å². The highest BCUT2D eigenvalue weighted by Crippen LogP contribution is 2.20. The Morgan fingerprint density at radius 1 is 1.00 bits per heavy atom. The molecule has 1 atom stereocenters. The number of benzene rings is 1. The SMILES string of the molecule is CCN(CC(O)c1ccc(C(C)C)cc1)C(C)C. The number of hydrogen-bond acceptors (Lipinski definition) is 2. The van der Waals surface area contributed by atoms with Crippen LogP contribution in [0, 0.1) is 0 Å². The molecule has 2 nitrogen and oxygen atoms in total. The molecule has 0 aliphatic rings. The molecule has 0 aliphatic carbocycles. The van der Waals surface area contributed by atoms with Crippen molar-refractivity contribution in [3.63, 3.8) is 0 Å². The molecule has 18 heavy (non-hydrogen) atoms. The quantitative estimate of drug-likeness (QED) is 0.833. The first-order valence-corrected chi connectivity index (χ1v) is 6.97. The number of nitrogens with zero attached hydrogens (tertiary/aromatic N) is 1. The Labute approximate surface area is 112 Å². The van der Waals surface area contributed by atoms with Crippen LogP contribution in [-0.2, 0) is 0 Å². The van der Waals surface area contributed by atoms with Gasteiger partial charge in [0, 0.05) is 12.6 Å². The van der Waals surface area contributed by atoms with Crippen LogP contribution < -0.4 is 0 Å². The number of aliphatic hydroxyl groups excluding tert-OH is 1. The molecule has 0 amide bonds. The van der Waals surface area contributed by atoms with E-state index >= 15 is 0 Å². The minimum Gasteiger partial charge on any atom is -0.387 e. The van der Waals surface area contributed by atoms with Gasteiger partial charge in [-0.15, -0.1) is 0 Å². The molecule has 1 N–H and O–H groups in total. The Kier molecular flexibility index (Phi) is 5.83. The highest BCUT2D eigenvalue weighted by atomic mass is 16.3. The van der Waals surface area contributed by atoms with Gasteiger partial charge in [0.15, 0.2) is 0 Å². The predicted octanol–water partition coefficient (Wildman–Crippen LogP) is 3.57. The van der Waals surface area contributed by atoms with E-state index in [-0.39, 0.29) is 0 Å². The Morgan fingerprint density at radius 3 is 1.89 bits per heavy atom. The highest BCUT2D eigenvalue weighted by molar-refractivity contribution is 5.26. The van der Waals surface area contributed by atoms with Crippen molar-refractivity contribution in [2.75, 3.05) is 13.1 Å². The third-order valence-electron chi connectivity index (χ3n) is 3.53. The van der Waals surface area contributed by atoms with Crippen molar-refractivity contribution in [1.29, 1.82) is 0 Å². The van der Waals surface area contributed by atoms with Crippen molar-refractivity contribution < 1.29 is 5.11 Å². The molecule has 1 aromatic rings. The molecule has 0 saturated heterocycles. The summed E-state index contributed by atoms with van der Waals surface area (Å²) in [5, 5.41) is 10.3. The summed E-state index contributed by atoms with van der Waals surface area (Å²) < 4.78 is 0. The van der Waals surface area contributed by atoms with Crippen LogP contribution >= 0.6 is 0 Å². The van der Waals surface area contributed by atoms with E-state index in [2.05, 4.69) is 51.7 Å². The molecule has 1 unspecified atom stereocenters. The van der Waals surface area contributed by atoms with Crippen LogP contribution in [0.5, 0.6) is 0 Å². The van der Waals surface area contributed by atoms with E-state index in [1.165, 1.54) is 5.56 Å². The lowest BCUT2D eigenvalue weighted by molar-refractivity contribution is 0.0991. The van der Waals surface area contributed by atoms with Crippen LogP contribution in [0.3, 0.4) is 0 Å². The van der Waals surface area contributed by atoms with Crippen LogP contribution in [0.25, 0.3) is 0 Å². The number of rotatable bonds is 6. The molecule has 0 radical (unpaired) electrons. The van der Waals surface area contributed by atoms with E-state index in [0.717, 1.165) is 12.1 Å². The summed E-state index contributed by atoms with van der Waals surface area (Å²) in [6.45, 7) is 12.5. The first-order valence-electron chi connectivity index (χ1n) is 6.97. The average Bonchev–Trinajstić information content (AvgIpc) is 2.35. The lowest BCUT2D eigenvalue weighted by atomic mass is 10.00. The lowest BCUT2D eigenvalue weighted by Crippen LogP contribution is -2.34. The summed E-state index contributed by atoms with van der Waals surface area (Å²) in [7, 11) is 0. The van der Waals surface area contributed by atoms with Crippen LogP contribution in [0.4, 0.5) is 0 Å². The molecule has 1 rings (SSSR count). The van der Waals surface area contributed by atoms with Gasteiger partial charge < -0.3 is 5.11 Å². The Hall–Kier alpha value is -0.860. The lowest BCUT2D eigenvalue weighted by Gasteiger charge is -2.27. The second-order valence-electron chi connectivity index (χ2n) is 5.52. The van der Waals surface area contributed by atoms with E-state index < -0.39 is 6.10 Å². The fraction of sp³-hybridized carbons (Fsp3) is 0.625. The van der Waals surface area contributed by atoms with Crippen molar-refractivity contribution >= 4 is 0 Å². The third kappa shape index (κ3) is 4.11. The van der Waals surface area contributed by atoms with E-state index in [1.54, 1.807) is 0 Å². The van der Waals surface area contributed by atoms with Crippen LogP contribution in [0.2, 0.25) is 0 Å². The highest BCUT2D eigenvalue weighted by Gasteiger charge is 2.14. The van der Waals surface area contributed by atoms with E-state index in [0.29, 0.717) is 18.5 Å². The molecule has 0 aliphatic heterocycles. The summed E-state index contributed by atoms with van der Waals surface area (Å²) in [5.74, 6) is 0.541. The fourth-order valence-electron chi connectivity index (χ4n) is 2.14. The van der Waals surface area contributed by atoms with Crippen LogP contribution in [0.1, 0.15) is 57.8 Å². The summed E-state index contributed by atoms with van der Waals surface area (Å²) in [5.41, 5.74) is 2.33. The van der Waals surface area contributed by atoms with Gasteiger partial charge in [0.25, 0.3) is 0 Å². The summed E-state index contributed by atoms with van der Waals surface area (Å²) in [6, 6.07) is 8.81. The normalized spacial score (nSPS) is 13.6. The molecule has 0 spiro atoms. The standard InChI is InChI=1S/C16H27NO/c1-6-17(13(4)5)11-16(18)15-9-7-14(8-10-15)12(2)3/h7-10,12-13,16,18H,6,11H2,1-5H3. The zero-order valence-electron chi connectivity index (χ0n) is 12.4. The monoisotopic (exact) mass is 249 g/mol. The minimum atomic E-state index is -0.395. The van der Waals surface area contributed by atoms with Gasteiger partial charge >= 0.3 is 0 Å². The van der Waals surface area contributed by atoms with Crippen molar-refractivity contribution in [3.8, 4) is 0 Å². The largest absolute Gasteiger partial charge is 0.387 e. The van der Waals surface area contributed by atoms with Gasteiger partial charge in [-0.2, -0.15) is 0 Å². The average molecular weight is 249 g/mol. The van der Waals surface area contributed by atoms with Gasteiger partial charge in [-0.25, -0.2) is 0 Å². The zero-order chi connectivity index (χ0) is 13.7. The van der Waals surface area contributed by atoms with E-state index in [9.17, 15) is 5.11 Å². The second-order valence-corrected chi connectivity index (χ2v) is 5.52. The molecule has 0 aromatic heterocycles.